The second-order valence-electron chi connectivity index (χ2n) is 7.41. The zero-order valence-corrected chi connectivity index (χ0v) is 16.5. The Bertz CT molecular complexity index is 887. The van der Waals surface area contributed by atoms with Gasteiger partial charge in [0.1, 0.15) is 6.04 Å². The molecule has 0 aliphatic carbocycles. The molecule has 2 aliphatic heterocycles. The number of carbonyl (C=O) groups excluding carboxylic acids is 2. The molecular weight excluding hydrogens is 368 g/mol. The number of benzene rings is 2. The molecule has 3 amide bonds. The molecule has 2 heterocycles. The van der Waals surface area contributed by atoms with Crippen molar-refractivity contribution < 1.29 is 14.3 Å². The Morgan fingerprint density at radius 3 is 2.72 bits per heavy atom. The first kappa shape index (κ1) is 19.4. The lowest BCUT2D eigenvalue weighted by molar-refractivity contribution is -0.140. The molecule has 7 nitrogen and oxygen atoms in total. The molecule has 152 valence electrons. The third-order valence-electron chi connectivity index (χ3n) is 5.44. The first-order chi connectivity index (χ1) is 14.1. The van der Waals surface area contributed by atoms with Crippen molar-refractivity contribution in [3.63, 3.8) is 0 Å². The van der Waals surface area contributed by atoms with Crippen LogP contribution in [-0.4, -0.2) is 48.7 Å². The van der Waals surface area contributed by atoms with Gasteiger partial charge in [0.25, 0.3) is 0 Å². The van der Waals surface area contributed by atoms with E-state index in [4.69, 9.17) is 4.74 Å². The van der Waals surface area contributed by atoms with Gasteiger partial charge in [-0.1, -0.05) is 30.3 Å². The fourth-order valence-corrected chi connectivity index (χ4v) is 3.93. The maximum atomic E-state index is 12.9. The molecule has 0 aromatic heterocycles. The van der Waals surface area contributed by atoms with Gasteiger partial charge < -0.3 is 25.6 Å². The second kappa shape index (κ2) is 8.63. The lowest BCUT2D eigenvalue weighted by atomic mass is 9.96. The number of rotatable bonds is 3. The Morgan fingerprint density at radius 2 is 1.93 bits per heavy atom. The lowest BCUT2D eigenvalue weighted by Crippen LogP contribution is -2.57. The molecule has 3 N–H and O–H groups in total. The highest BCUT2D eigenvalue weighted by atomic mass is 16.5. The van der Waals surface area contributed by atoms with E-state index in [9.17, 15) is 9.59 Å². The maximum absolute atomic E-state index is 12.9. The summed E-state index contributed by atoms with van der Waals surface area (Å²) in [6, 6.07) is 14.6. The summed E-state index contributed by atoms with van der Waals surface area (Å²) in [6.07, 6.45) is 0.567. The normalized spacial score (nSPS) is 21.2. The van der Waals surface area contributed by atoms with Gasteiger partial charge in [0.05, 0.1) is 12.7 Å². The molecule has 0 bridgehead atoms. The molecular formula is C22H26N4O3. The minimum atomic E-state index is -0.303. The molecule has 2 atom stereocenters. The molecule has 0 unspecified atom stereocenters. The highest BCUT2D eigenvalue weighted by Gasteiger charge is 2.33. The number of morpholine rings is 1. The highest BCUT2D eigenvalue weighted by Crippen LogP contribution is 2.27. The van der Waals surface area contributed by atoms with Crippen LogP contribution in [0.4, 0.5) is 16.2 Å². The van der Waals surface area contributed by atoms with Gasteiger partial charge in [-0.05, 0) is 42.7 Å². The summed E-state index contributed by atoms with van der Waals surface area (Å²) in [5, 5.41) is 9.05. The van der Waals surface area contributed by atoms with E-state index >= 15 is 0 Å². The van der Waals surface area contributed by atoms with Crippen LogP contribution >= 0.6 is 0 Å². The molecule has 0 radical (unpaired) electrons. The van der Waals surface area contributed by atoms with E-state index in [0.29, 0.717) is 32.7 Å². The van der Waals surface area contributed by atoms with Crippen molar-refractivity contribution in [3.8, 4) is 0 Å². The van der Waals surface area contributed by atoms with Crippen molar-refractivity contribution in [1.29, 1.82) is 0 Å². The van der Waals surface area contributed by atoms with E-state index in [2.05, 4.69) is 16.0 Å². The Labute approximate surface area is 170 Å². The molecule has 1 fully saturated rings. The third kappa shape index (κ3) is 4.41. The summed E-state index contributed by atoms with van der Waals surface area (Å²) in [4.78, 5) is 27.2. The number of hydrogen-bond acceptors (Lipinski definition) is 4. The fraction of sp³-hybridized carbons (Fsp3) is 0.364. The van der Waals surface area contributed by atoms with E-state index in [1.807, 2.05) is 60.4 Å². The largest absolute Gasteiger partial charge is 0.375 e. The first-order valence-corrected chi connectivity index (χ1v) is 9.99. The van der Waals surface area contributed by atoms with E-state index < -0.39 is 0 Å². The SMILES string of the molecule is C[C@H]1OCCN[C@@H]1C(=O)N1CCc2c(cccc2NC(=O)Nc2ccccc2)C1. The number of amides is 3. The number of urea groups is 1. The molecule has 0 spiro atoms. The smallest absolute Gasteiger partial charge is 0.323 e. The van der Waals surface area contributed by atoms with Crippen LogP contribution in [0.1, 0.15) is 18.1 Å². The Kier molecular flexibility index (Phi) is 5.78. The Morgan fingerprint density at radius 1 is 1.10 bits per heavy atom. The van der Waals surface area contributed by atoms with Crippen LogP contribution in [0.15, 0.2) is 48.5 Å². The highest BCUT2D eigenvalue weighted by molar-refractivity contribution is 6.00. The minimum absolute atomic E-state index is 0.0723. The predicted octanol–water partition coefficient (Wildman–Crippen LogP) is 2.59. The van der Waals surface area contributed by atoms with Crippen LogP contribution < -0.4 is 16.0 Å². The quantitative estimate of drug-likeness (QED) is 0.747. The van der Waals surface area contributed by atoms with Crippen LogP contribution in [-0.2, 0) is 22.5 Å². The van der Waals surface area contributed by atoms with Crippen molar-refractivity contribution in [2.75, 3.05) is 30.3 Å². The monoisotopic (exact) mass is 394 g/mol. The number of para-hydroxylation sites is 1. The summed E-state index contributed by atoms with van der Waals surface area (Å²) >= 11 is 0. The number of ether oxygens (including phenoxy) is 1. The number of anilines is 2. The van der Waals surface area contributed by atoms with Gasteiger partial charge in [-0.3, -0.25) is 4.79 Å². The topological polar surface area (TPSA) is 82.7 Å². The van der Waals surface area contributed by atoms with Gasteiger partial charge in [0, 0.05) is 31.0 Å². The van der Waals surface area contributed by atoms with Gasteiger partial charge in [-0.2, -0.15) is 0 Å². The van der Waals surface area contributed by atoms with Crippen LogP contribution in [0.25, 0.3) is 0 Å². The van der Waals surface area contributed by atoms with E-state index in [0.717, 1.165) is 22.5 Å². The second-order valence-corrected chi connectivity index (χ2v) is 7.41. The van der Waals surface area contributed by atoms with Gasteiger partial charge in [0.2, 0.25) is 5.91 Å². The van der Waals surface area contributed by atoms with Gasteiger partial charge in [-0.25, -0.2) is 4.79 Å². The molecule has 0 saturated carbocycles. The molecule has 29 heavy (non-hydrogen) atoms. The Balaban J connectivity index is 1.43. The maximum Gasteiger partial charge on any atom is 0.323 e. The number of nitrogens with zero attached hydrogens (tertiary/aromatic N) is 1. The van der Waals surface area contributed by atoms with Crippen LogP contribution in [0.3, 0.4) is 0 Å². The summed E-state index contributed by atoms with van der Waals surface area (Å²) < 4.78 is 5.62. The standard InChI is InChI=1S/C22H26N4O3/c1-15-20(23-11-13-29-15)21(27)26-12-10-18-16(14-26)6-5-9-19(18)25-22(28)24-17-7-3-2-4-8-17/h2-9,15,20,23H,10-14H2,1H3,(H2,24,25,28)/t15-,20+/m1/s1. The molecule has 2 aromatic carbocycles. The van der Waals surface area contributed by atoms with Crippen molar-refractivity contribution in [2.45, 2.75) is 32.0 Å². The molecule has 2 aliphatic rings. The van der Waals surface area contributed by atoms with Crippen LogP contribution in [0.2, 0.25) is 0 Å². The Hall–Kier alpha value is -2.90. The minimum Gasteiger partial charge on any atom is -0.375 e. The third-order valence-corrected chi connectivity index (χ3v) is 5.44. The number of nitrogens with one attached hydrogen (secondary N) is 3. The van der Waals surface area contributed by atoms with E-state index in [1.165, 1.54) is 0 Å². The summed E-state index contributed by atoms with van der Waals surface area (Å²) in [6.45, 7) is 4.41. The predicted molar refractivity (Wildman–Crippen MR) is 112 cm³/mol. The van der Waals surface area contributed by atoms with Crippen molar-refractivity contribution in [3.05, 3.63) is 59.7 Å². The molecule has 4 rings (SSSR count). The van der Waals surface area contributed by atoms with Gasteiger partial charge in [0.15, 0.2) is 0 Å². The van der Waals surface area contributed by atoms with Gasteiger partial charge >= 0.3 is 6.03 Å². The van der Waals surface area contributed by atoms with Crippen molar-refractivity contribution >= 4 is 23.3 Å². The number of fused-ring (bicyclic) bond motifs is 1. The van der Waals surface area contributed by atoms with Crippen molar-refractivity contribution in [1.82, 2.24) is 10.2 Å². The van der Waals surface area contributed by atoms with Gasteiger partial charge in [-0.15, -0.1) is 0 Å². The summed E-state index contributed by atoms with van der Waals surface area (Å²) in [5.41, 5.74) is 3.67. The first-order valence-electron chi connectivity index (χ1n) is 9.99. The summed E-state index contributed by atoms with van der Waals surface area (Å²) in [5.74, 6) is 0.0723. The molecule has 2 aromatic rings. The van der Waals surface area contributed by atoms with E-state index in [-0.39, 0.29) is 24.1 Å². The zero-order valence-electron chi connectivity index (χ0n) is 16.5. The molecule has 1 saturated heterocycles. The summed E-state index contributed by atoms with van der Waals surface area (Å²) in [7, 11) is 0. The van der Waals surface area contributed by atoms with Crippen LogP contribution in [0.5, 0.6) is 0 Å². The lowest BCUT2D eigenvalue weighted by Gasteiger charge is -2.36. The van der Waals surface area contributed by atoms with Crippen molar-refractivity contribution in [2.24, 2.45) is 0 Å². The zero-order chi connectivity index (χ0) is 20.2. The van der Waals surface area contributed by atoms with E-state index in [1.54, 1.807) is 0 Å². The number of hydrogen-bond donors (Lipinski definition) is 3. The van der Waals surface area contributed by atoms with Crippen LogP contribution in [0, 0.1) is 0 Å². The molecule has 7 heteroatoms. The average Bonchev–Trinajstić information content (AvgIpc) is 2.74. The fourth-order valence-electron chi connectivity index (χ4n) is 3.93. The average molecular weight is 394 g/mol. The number of carbonyl (C=O) groups is 2.